The molecule has 0 radical (unpaired) electrons. The second-order valence-electron chi connectivity index (χ2n) is 9.42. The number of carbonyl (C=O) groups excluding carboxylic acids is 1. The highest BCUT2D eigenvalue weighted by Crippen LogP contribution is 2.19. The summed E-state index contributed by atoms with van der Waals surface area (Å²) in [5.41, 5.74) is 6.84. The standard InChI is InChI=1S/C29H36N6O/c1-23-28(24(2)35(32-23)16-8-15-30)13-14-29(36)31-21-25-9-6-7-10-26(25)22-33-17-19-34(20-18-33)27-11-4-3-5-12-27/h3-7,9-12H,8,13-14,16-22H2,1-2H3,(H,31,36). The average Bonchev–Trinajstić information content (AvgIpc) is 3.18. The first-order valence-electron chi connectivity index (χ1n) is 12.8. The number of carbonyl (C=O) groups is 1. The normalized spacial score (nSPS) is 14.0. The number of nitriles is 1. The van der Waals surface area contributed by atoms with Crippen LogP contribution in [0.5, 0.6) is 0 Å². The first kappa shape index (κ1) is 25.5. The molecular formula is C29H36N6O. The Balaban J connectivity index is 1.27. The Labute approximate surface area is 214 Å². The Morgan fingerprint density at radius 3 is 2.42 bits per heavy atom. The van der Waals surface area contributed by atoms with Crippen LogP contribution in [-0.4, -0.2) is 46.8 Å². The van der Waals surface area contributed by atoms with Crippen molar-refractivity contribution in [2.75, 3.05) is 31.1 Å². The van der Waals surface area contributed by atoms with Crippen LogP contribution in [0.15, 0.2) is 54.6 Å². The van der Waals surface area contributed by atoms with Crippen molar-refractivity contribution >= 4 is 11.6 Å². The molecular weight excluding hydrogens is 448 g/mol. The summed E-state index contributed by atoms with van der Waals surface area (Å²) < 4.78 is 1.88. The lowest BCUT2D eigenvalue weighted by Gasteiger charge is -2.36. The zero-order valence-electron chi connectivity index (χ0n) is 21.4. The molecule has 1 N–H and O–H groups in total. The number of amides is 1. The number of nitrogens with zero attached hydrogens (tertiary/aromatic N) is 5. The first-order valence-corrected chi connectivity index (χ1v) is 12.8. The van der Waals surface area contributed by atoms with E-state index in [2.05, 4.69) is 74.8 Å². The van der Waals surface area contributed by atoms with Crippen LogP contribution in [0.3, 0.4) is 0 Å². The zero-order valence-corrected chi connectivity index (χ0v) is 21.4. The van der Waals surface area contributed by atoms with E-state index in [1.807, 2.05) is 24.6 Å². The molecule has 0 atom stereocenters. The van der Waals surface area contributed by atoms with Crippen molar-refractivity contribution in [3.05, 3.63) is 82.7 Å². The van der Waals surface area contributed by atoms with Crippen LogP contribution >= 0.6 is 0 Å². The van der Waals surface area contributed by atoms with Crippen LogP contribution in [0.2, 0.25) is 0 Å². The summed E-state index contributed by atoms with van der Waals surface area (Å²) >= 11 is 0. The van der Waals surface area contributed by atoms with E-state index in [1.54, 1.807) is 0 Å². The predicted molar refractivity (Wildman–Crippen MR) is 142 cm³/mol. The number of rotatable bonds is 10. The summed E-state index contributed by atoms with van der Waals surface area (Å²) in [5, 5.41) is 16.5. The molecule has 0 aliphatic carbocycles. The molecule has 1 aliphatic heterocycles. The highest BCUT2D eigenvalue weighted by molar-refractivity contribution is 5.76. The lowest BCUT2D eigenvalue weighted by molar-refractivity contribution is -0.121. The minimum Gasteiger partial charge on any atom is -0.369 e. The summed E-state index contributed by atoms with van der Waals surface area (Å²) in [7, 11) is 0. The third kappa shape index (κ3) is 6.52. The molecule has 0 bridgehead atoms. The number of aromatic nitrogens is 2. The third-order valence-corrected chi connectivity index (χ3v) is 7.05. The number of hydrogen-bond donors (Lipinski definition) is 1. The van der Waals surface area contributed by atoms with Crippen LogP contribution in [0.25, 0.3) is 0 Å². The van der Waals surface area contributed by atoms with Gasteiger partial charge in [0.2, 0.25) is 5.91 Å². The summed E-state index contributed by atoms with van der Waals surface area (Å²) in [6.45, 7) is 10.1. The Morgan fingerprint density at radius 1 is 1.00 bits per heavy atom. The number of hydrogen-bond acceptors (Lipinski definition) is 5. The van der Waals surface area contributed by atoms with E-state index in [0.717, 1.165) is 49.7 Å². The van der Waals surface area contributed by atoms with Gasteiger partial charge in [0.15, 0.2) is 0 Å². The molecule has 36 heavy (non-hydrogen) atoms. The molecule has 1 aliphatic rings. The van der Waals surface area contributed by atoms with Gasteiger partial charge in [-0.3, -0.25) is 14.4 Å². The molecule has 7 heteroatoms. The van der Waals surface area contributed by atoms with Crippen molar-refractivity contribution in [3.8, 4) is 6.07 Å². The molecule has 7 nitrogen and oxygen atoms in total. The summed E-state index contributed by atoms with van der Waals surface area (Å²) in [4.78, 5) is 17.6. The van der Waals surface area contributed by atoms with Crippen LogP contribution in [0.4, 0.5) is 5.69 Å². The molecule has 0 spiro atoms. The monoisotopic (exact) mass is 484 g/mol. The van der Waals surface area contributed by atoms with Gasteiger partial charge in [-0.05, 0) is 49.1 Å². The Bertz CT molecular complexity index is 1190. The van der Waals surface area contributed by atoms with E-state index in [0.29, 0.717) is 32.4 Å². The Kier molecular flexibility index (Phi) is 8.75. The number of piperazine rings is 1. The second kappa shape index (κ2) is 12.4. The van der Waals surface area contributed by atoms with Crippen molar-refractivity contribution in [2.45, 2.75) is 52.7 Å². The lowest BCUT2D eigenvalue weighted by Crippen LogP contribution is -2.46. The highest BCUT2D eigenvalue weighted by atomic mass is 16.1. The van der Waals surface area contributed by atoms with Gasteiger partial charge in [0.05, 0.1) is 24.7 Å². The first-order chi connectivity index (χ1) is 17.5. The second-order valence-corrected chi connectivity index (χ2v) is 9.42. The number of para-hydroxylation sites is 1. The molecule has 188 valence electrons. The van der Waals surface area contributed by atoms with Gasteiger partial charge >= 0.3 is 0 Å². The average molecular weight is 485 g/mol. The fraction of sp³-hybridized carbons (Fsp3) is 0.414. The van der Waals surface area contributed by atoms with Gasteiger partial charge < -0.3 is 10.2 Å². The highest BCUT2D eigenvalue weighted by Gasteiger charge is 2.18. The van der Waals surface area contributed by atoms with Crippen molar-refractivity contribution in [2.24, 2.45) is 0 Å². The fourth-order valence-corrected chi connectivity index (χ4v) is 4.92. The van der Waals surface area contributed by atoms with E-state index in [4.69, 9.17) is 5.26 Å². The van der Waals surface area contributed by atoms with Gasteiger partial charge in [-0.25, -0.2) is 0 Å². The van der Waals surface area contributed by atoms with Gasteiger partial charge in [-0.15, -0.1) is 0 Å². The van der Waals surface area contributed by atoms with E-state index in [1.165, 1.54) is 16.8 Å². The van der Waals surface area contributed by atoms with Crippen LogP contribution in [-0.2, 0) is 30.8 Å². The molecule has 4 rings (SSSR count). The van der Waals surface area contributed by atoms with Crippen molar-refractivity contribution < 1.29 is 4.79 Å². The minimum absolute atomic E-state index is 0.0462. The molecule has 1 amide bonds. The quantitative estimate of drug-likeness (QED) is 0.471. The predicted octanol–water partition coefficient (Wildman–Crippen LogP) is 3.98. The Morgan fingerprint density at radius 2 is 1.69 bits per heavy atom. The molecule has 1 saturated heterocycles. The minimum atomic E-state index is 0.0462. The maximum Gasteiger partial charge on any atom is 0.220 e. The van der Waals surface area contributed by atoms with Crippen molar-refractivity contribution in [1.29, 1.82) is 5.26 Å². The topological polar surface area (TPSA) is 77.2 Å². The van der Waals surface area contributed by atoms with E-state index >= 15 is 0 Å². The zero-order chi connectivity index (χ0) is 25.3. The Hall–Kier alpha value is -3.63. The van der Waals surface area contributed by atoms with E-state index in [-0.39, 0.29) is 5.91 Å². The van der Waals surface area contributed by atoms with Gasteiger partial charge in [-0.2, -0.15) is 10.4 Å². The van der Waals surface area contributed by atoms with Gasteiger partial charge in [0, 0.05) is 57.1 Å². The molecule has 2 heterocycles. The fourth-order valence-electron chi connectivity index (χ4n) is 4.92. The molecule has 0 unspecified atom stereocenters. The van der Waals surface area contributed by atoms with Crippen LogP contribution in [0.1, 0.15) is 40.9 Å². The van der Waals surface area contributed by atoms with Crippen molar-refractivity contribution in [3.63, 3.8) is 0 Å². The third-order valence-electron chi connectivity index (χ3n) is 7.05. The number of nitrogens with one attached hydrogen (secondary N) is 1. The van der Waals surface area contributed by atoms with Gasteiger partial charge in [0.25, 0.3) is 0 Å². The molecule has 1 aromatic heterocycles. The molecule has 3 aromatic rings. The smallest absolute Gasteiger partial charge is 0.220 e. The number of aryl methyl sites for hydroxylation is 2. The van der Waals surface area contributed by atoms with E-state index in [9.17, 15) is 4.79 Å². The molecule has 2 aromatic carbocycles. The maximum atomic E-state index is 12.7. The summed E-state index contributed by atoms with van der Waals surface area (Å²) in [6, 6.07) is 21.2. The van der Waals surface area contributed by atoms with E-state index < -0.39 is 0 Å². The maximum absolute atomic E-state index is 12.7. The molecule has 0 saturated carbocycles. The van der Waals surface area contributed by atoms with Crippen LogP contribution < -0.4 is 10.2 Å². The van der Waals surface area contributed by atoms with Gasteiger partial charge in [-0.1, -0.05) is 42.5 Å². The summed E-state index contributed by atoms with van der Waals surface area (Å²) in [6.07, 6.45) is 1.52. The SMILES string of the molecule is Cc1nn(CCC#N)c(C)c1CCC(=O)NCc1ccccc1CN1CCN(c2ccccc2)CC1. The number of anilines is 1. The summed E-state index contributed by atoms with van der Waals surface area (Å²) in [5.74, 6) is 0.0462. The molecule has 1 fully saturated rings. The van der Waals surface area contributed by atoms with Gasteiger partial charge in [0.1, 0.15) is 0 Å². The van der Waals surface area contributed by atoms with Crippen LogP contribution in [0, 0.1) is 25.2 Å². The largest absolute Gasteiger partial charge is 0.369 e. The lowest BCUT2D eigenvalue weighted by atomic mass is 10.1. The number of benzene rings is 2. The van der Waals surface area contributed by atoms with Crippen molar-refractivity contribution in [1.82, 2.24) is 20.0 Å².